The van der Waals surface area contributed by atoms with Gasteiger partial charge in [-0.25, -0.2) is 0 Å². The van der Waals surface area contributed by atoms with Gasteiger partial charge in [0.15, 0.2) is 0 Å². The Morgan fingerprint density at radius 3 is 2.33 bits per heavy atom. The Labute approximate surface area is 177 Å². The van der Waals surface area contributed by atoms with Crippen LogP contribution in [0.3, 0.4) is 0 Å². The number of piperazine rings is 1. The molecule has 3 aromatic rings. The molecule has 0 unspecified atom stereocenters. The lowest BCUT2D eigenvalue weighted by atomic mass is 10.1. The van der Waals surface area contributed by atoms with Gasteiger partial charge < -0.3 is 14.4 Å². The fourth-order valence-corrected chi connectivity index (χ4v) is 4.00. The van der Waals surface area contributed by atoms with Gasteiger partial charge in [0.25, 0.3) is 11.7 Å². The van der Waals surface area contributed by atoms with E-state index < -0.39 is 11.7 Å². The van der Waals surface area contributed by atoms with E-state index in [1.54, 1.807) is 11.0 Å². The van der Waals surface area contributed by atoms with E-state index in [1.165, 1.54) is 16.8 Å². The molecule has 0 saturated carbocycles. The van der Waals surface area contributed by atoms with Crippen LogP contribution in [0.1, 0.15) is 27.2 Å². The van der Waals surface area contributed by atoms with Crippen molar-refractivity contribution in [3.8, 4) is 0 Å². The van der Waals surface area contributed by atoms with Gasteiger partial charge in [-0.3, -0.25) is 9.59 Å². The van der Waals surface area contributed by atoms with Gasteiger partial charge >= 0.3 is 0 Å². The summed E-state index contributed by atoms with van der Waals surface area (Å²) in [5.41, 5.74) is 5.21. The van der Waals surface area contributed by atoms with Gasteiger partial charge in [0.2, 0.25) is 0 Å². The van der Waals surface area contributed by atoms with E-state index in [0.717, 1.165) is 18.7 Å². The highest BCUT2D eigenvalue weighted by Crippen LogP contribution is 2.23. The molecule has 0 bridgehead atoms. The van der Waals surface area contributed by atoms with Gasteiger partial charge in [-0.2, -0.15) is 0 Å². The highest BCUT2D eigenvalue weighted by atomic mass is 16.2. The standard InChI is InChI=1S/C25H27N3O2/c1-19-10-11-20(2)23(17-19)26-13-15-27(16-14-26)25(30)24(29)22-9-6-12-28(22)18-21-7-4-3-5-8-21/h3-12,17H,13-16,18H2,1-2H3. The summed E-state index contributed by atoms with van der Waals surface area (Å²) in [5, 5.41) is 0. The molecule has 1 aromatic heterocycles. The third-order valence-corrected chi connectivity index (χ3v) is 5.72. The highest BCUT2D eigenvalue weighted by Gasteiger charge is 2.28. The molecule has 0 atom stereocenters. The fraction of sp³-hybridized carbons (Fsp3) is 0.280. The molecule has 1 aliphatic heterocycles. The van der Waals surface area contributed by atoms with E-state index >= 15 is 0 Å². The van der Waals surface area contributed by atoms with E-state index in [9.17, 15) is 9.59 Å². The third-order valence-electron chi connectivity index (χ3n) is 5.72. The zero-order valence-electron chi connectivity index (χ0n) is 17.5. The maximum Gasteiger partial charge on any atom is 0.296 e. The molecule has 4 rings (SSSR count). The summed E-state index contributed by atoms with van der Waals surface area (Å²) in [6, 6.07) is 19.9. The van der Waals surface area contributed by atoms with E-state index in [2.05, 4.69) is 36.9 Å². The van der Waals surface area contributed by atoms with Crippen molar-refractivity contribution >= 4 is 17.4 Å². The first-order chi connectivity index (χ1) is 14.5. The number of carbonyl (C=O) groups excluding carboxylic acids is 2. The first-order valence-electron chi connectivity index (χ1n) is 10.4. The predicted molar refractivity (Wildman–Crippen MR) is 119 cm³/mol. The first-order valence-corrected chi connectivity index (χ1v) is 10.4. The molecule has 2 heterocycles. The summed E-state index contributed by atoms with van der Waals surface area (Å²) in [6.45, 7) is 7.34. The number of carbonyl (C=O) groups is 2. The second-order valence-corrected chi connectivity index (χ2v) is 7.91. The van der Waals surface area contributed by atoms with Crippen molar-refractivity contribution in [2.75, 3.05) is 31.1 Å². The molecule has 5 heteroatoms. The monoisotopic (exact) mass is 401 g/mol. The maximum absolute atomic E-state index is 12.9. The number of nitrogens with zero attached hydrogens (tertiary/aromatic N) is 3. The van der Waals surface area contributed by atoms with Crippen molar-refractivity contribution in [2.24, 2.45) is 0 Å². The predicted octanol–water partition coefficient (Wildman–Crippen LogP) is 3.68. The molecule has 154 valence electrons. The minimum Gasteiger partial charge on any atom is -0.368 e. The molecule has 1 fully saturated rings. The van der Waals surface area contributed by atoms with Gasteiger partial charge in [-0.15, -0.1) is 0 Å². The Balaban J connectivity index is 1.42. The van der Waals surface area contributed by atoms with E-state index in [-0.39, 0.29) is 0 Å². The van der Waals surface area contributed by atoms with Crippen LogP contribution in [0, 0.1) is 13.8 Å². The second-order valence-electron chi connectivity index (χ2n) is 7.91. The lowest BCUT2D eigenvalue weighted by Crippen LogP contribution is -2.51. The fourth-order valence-electron chi connectivity index (χ4n) is 4.00. The number of amides is 1. The number of hydrogen-bond acceptors (Lipinski definition) is 3. The molecule has 1 amide bonds. The molecule has 1 saturated heterocycles. The Morgan fingerprint density at radius 1 is 0.867 bits per heavy atom. The van der Waals surface area contributed by atoms with Crippen LogP contribution in [0.2, 0.25) is 0 Å². The van der Waals surface area contributed by atoms with E-state index in [1.807, 2.05) is 47.2 Å². The SMILES string of the molecule is Cc1ccc(C)c(N2CCN(C(=O)C(=O)c3cccn3Cc3ccccc3)CC2)c1. The number of Topliss-reactive ketones (excluding diaryl/α,β-unsaturated/α-hetero) is 1. The zero-order valence-corrected chi connectivity index (χ0v) is 17.5. The molecule has 1 aliphatic rings. The average molecular weight is 402 g/mol. The van der Waals surface area contributed by atoms with Crippen LogP contribution in [0.25, 0.3) is 0 Å². The van der Waals surface area contributed by atoms with Crippen LogP contribution >= 0.6 is 0 Å². The summed E-state index contributed by atoms with van der Waals surface area (Å²) in [5.74, 6) is -0.847. The minimum absolute atomic E-state index is 0.413. The van der Waals surface area contributed by atoms with Gasteiger partial charge in [-0.1, -0.05) is 42.5 Å². The van der Waals surface area contributed by atoms with E-state index in [0.29, 0.717) is 25.3 Å². The number of hydrogen-bond donors (Lipinski definition) is 0. The summed E-state index contributed by atoms with van der Waals surface area (Å²) >= 11 is 0. The minimum atomic E-state index is -0.434. The Kier molecular flexibility index (Phi) is 5.70. The topological polar surface area (TPSA) is 45.6 Å². The van der Waals surface area contributed by atoms with Gasteiger partial charge in [0.05, 0.1) is 5.69 Å². The summed E-state index contributed by atoms with van der Waals surface area (Å²) in [7, 11) is 0. The second kappa shape index (κ2) is 8.57. The Morgan fingerprint density at radius 2 is 1.60 bits per heavy atom. The van der Waals surface area contributed by atoms with Crippen LogP contribution in [-0.4, -0.2) is 47.3 Å². The van der Waals surface area contributed by atoms with Crippen molar-refractivity contribution in [3.63, 3.8) is 0 Å². The third kappa shape index (κ3) is 4.15. The number of aryl methyl sites for hydroxylation is 2. The summed E-state index contributed by atoms with van der Waals surface area (Å²) in [4.78, 5) is 29.8. The first kappa shape index (κ1) is 20.0. The largest absolute Gasteiger partial charge is 0.368 e. The van der Waals surface area contributed by atoms with Crippen molar-refractivity contribution in [1.29, 1.82) is 0 Å². The van der Waals surface area contributed by atoms with Crippen LogP contribution < -0.4 is 4.90 Å². The molecular weight excluding hydrogens is 374 g/mol. The lowest BCUT2D eigenvalue weighted by molar-refractivity contribution is -0.126. The van der Waals surface area contributed by atoms with Gasteiger partial charge in [-0.05, 0) is 48.7 Å². The van der Waals surface area contributed by atoms with Crippen LogP contribution in [-0.2, 0) is 11.3 Å². The summed E-state index contributed by atoms with van der Waals surface area (Å²) in [6.07, 6.45) is 1.85. The Hall–Kier alpha value is -3.34. The highest BCUT2D eigenvalue weighted by molar-refractivity contribution is 6.42. The molecule has 0 aliphatic carbocycles. The zero-order chi connectivity index (χ0) is 21.1. The molecule has 0 N–H and O–H groups in total. The number of benzene rings is 2. The van der Waals surface area contributed by atoms with Crippen molar-refractivity contribution in [1.82, 2.24) is 9.47 Å². The normalized spacial score (nSPS) is 14.1. The maximum atomic E-state index is 12.9. The Bertz CT molecular complexity index is 1050. The number of ketones is 1. The number of aromatic nitrogens is 1. The van der Waals surface area contributed by atoms with Crippen molar-refractivity contribution in [2.45, 2.75) is 20.4 Å². The summed E-state index contributed by atoms with van der Waals surface area (Å²) < 4.78 is 1.85. The molecule has 5 nitrogen and oxygen atoms in total. The molecular formula is C25H27N3O2. The lowest BCUT2D eigenvalue weighted by Gasteiger charge is -2.36. The van der Waals surface area contributed by atoms with Crippen LogP contribution in [0.15, 0.2) is 66.9 Å². The van der Waals surface area contributed by atoms with E-state index in [4.69, 9.17) is 0 Å². The van der Waals surface area contributed by atoms with Crippen molar-refractivity contribution < 1.29 is 9.59 Å². The quantitative estimate of drug-likeness (QED) is 0.484. The number of anilines is 1. The molecule has 0 spiro atoms. The number of rotatable bonds is 5. The van der Waals surface area contributed by atoms with Gasteiger partial charge in [0, 0.05) is 44.6 Å². The van der Waals surface area contributed by atoms with Crippen LogP contribution in [0.4, 0.5) is 5.69 Å². The molecule has 0 radical (unpaired) electrons. The average Bonchev–Trinajstić information content (AvgIpc) is 3.23. The smallest absolute Gasteiger partial charge is 0.296 e. The van der Waals surface area contributed by atoms with Crippen molar-refractivity contribution in [3.05, 3.63) is 89.2 Å². The van der Waals surface area contributed by atoms with Crippen LogP contribution in [0.5, 0.6) is 0 Å². The van der Waals surface area contributed by atoms with Gasteiger partial charge in [0.1, 0.15) is 0 Å². The molecule has 2 aromatic carbocycles. The molecule has 30 heavy (non-hydrogen) atoms.